The molecule has 2 saturated heterocycles. The Morgan fingerprint density at radius 3 is 1.83 bits per heavy atom. The zero-order chi connectivity index (χ0) is 13.0. The van der Waals surface area contributed by atoms with Crippen LogP contribution in [0.4, 0.5) is 4.79 Å². The van der Waals surface area contributed by atoms with Gasteiger partial charge in [0.25, 0.3) is 0 Å². The minimum Gasteiger partial charge on any atom is -0.360 e. The summed E-state index contributed by atoms with van der Waals surface area (Å²) >= 11 is 0. The van der Waals surface area contributed by atoms with Gasteiger partial charge in [-0.15, -0.1) is 0 Å². The van der Waals surface area contributed by atoms with Crippen LogP contribution < -0.4 is 10.6 Å². The highest BCUT2D eigenvalue weighted by atomic mass is 16.5. The van der Waals surface area contributed by atoms with E-state index in [9.17, 15) is 4.79 Å². The van der Waals surface area contributed by atoms with Gasteiger partial charge in [-0.1, -0.05) is 0 Å². The number of nitrogens with one attached hydrogen (secondary N) is 2. The Morgan fingerprint density at radius 1 is 1.00 bits per heavy atom. The minimum atomic E-state index is -0.196. The van der Waals surface area contributed by atoms with Crippen LogP contribution in [0.15, 0.2) is 0 Å². The first-order chi connectivity index (χ1) is 8.77. The van der Waals surface area contributed by atoms with Crippen molar-refractivity contribution in [3.63, 3.8) is 0 Å². The van der Waals surface area contributed by atoms with Crippen LogP contribution >= 0.6 is 0 Å². The number of piperazine rings is 2. The highest BCUT2D eigenvalue weighted by molar-refractivity contribution is 5.75. The summed E-state index contributed by atoms with van der Waals surface area (Å²) in [4.78, 5) is 16.1. The fraction of sp³-hybridized carbons (Fsp3) is 0.909. The third-order valence-electron chi connectivity index (χ3n) is 3.43. The molecule has 2 amide bonds. The van der Waals surface area contributed by atoms with E-state index in [0.29, 0.717) is 26.2 Å². The molecule has 0 aromatic heterocycles. The first kappa shape index (κ1) is 13.5. The zero-order valence-electron chi connectivity index (χ0n) is 11.0. The average Bonchev–Trinajstić information content (AvgIpc) is 2.46. The second-order valence-corrected chi connectivity index (χ2v) is 4.46. The Hall–Kier alpha value is -0.890. The number of carbonyl (C=O) groups excluding carboxylic acids is 1. The maximum atomic E-state index is 12.5. The predicted molar refractivity (Wildman–Crippen MR) is 66.1 cm³/mol. The average molecular weight is 258 g/mol. The molecule has 7 heteroatoms. The molecule has 2 unspecified atom stereocenters. The first-order valence-corrected chi connectivity index (χ1v) is 6.32. The molecule has 0 aromatic carbocycles. The molecule has 2 heterocycles. The third kappa shape index (κ3) is 2.74. The minimum absolute atomic E-state index is 0.00306. The summed E-state index contributed by atoms with van der Waals surface area (Å²) < 4.78 is 10.7. The number of ether oxygens (including phenoxy) is 2. The van der Waals surface area contributed by atoms with Gasteiger partial charge in [-0.05, 0) is 0 Å². The molecule has 2 N–H and O–H groups in total. The van der Waals surface area contributed by atoms with Crippen LogP contribution in [0.3, 0.4) is 0 Å². The van der Waals surface area contributed by atoms with E-state index in [-0.39, 0.29) is 18.5 Å². The van der Waals surface area contributed by atoms with Crippen LogP contribution in [0.1, 0.15) is 0 Å². The molecule has 2 fully saturated rings. The monoisotopic (exact) mass is 258 g/mol. The van der Waals surface area contributed by atoms with Gasteiger partial charge in [-0.2, -0.15) is 0 Å². The van der Waals surface area contributed by atoms with Crippen LogP contribution in [-0.4, -0.2) is 81.8 Å². The Balaban J connectivity index is 2.03. The van der Waals surface area contributed by atoms with E-state index < -0.39 is 0 Å². The summed E-state index contributed by atoms with van der Waals surface area (Å²) in [5.74, 6) is 0. The number of urea groups is 1. The Morgan fingerprint density at radius 2 is 1.44 bits per heavy atom. The number of rotatable bonds is 2. The molecule has 18 heavy (non-hydrogen) atoms. The zero-order valence-corrected chi connectivity index (χ0v) is 11.0. The van der Waals surface area contributed by atoms with Gasteiger partial charge in [0.2, 0.25) is 0 Å². The van der Waals surface area contributed by atoms with E-state index in [2.05, 4.69) is 10.6 Å². The van der Waals surface area contributed by atoms with E-state index >= 15 is 0 Å². The fourth-order valence-corrected chi connectivity index (χ4v) is 2.38. The number of methoxy groups -OCH3 is 2. The molecular formula is C11H22N4O3. The van der Waals surface area contributed by atoms with Gasteiger partial charge in [0.1, 0.15) is 12.5 Å². The van der Waals surface area contributed by atoms with E-state index in [1.165, 1.54) is 0 Å². The van der Waals surface area contributed by atoms with Crippen molar-refractivity contribution in [2.75, 3.05) is 53.5 Å². The van der Waals surface area contributed by atoms with Gasteiger partial charge >= 0.3 is 6.03 Å². The van der Waals surface area contributed by atoms with Crippen LogP contribution in [-0.2, 0) is 9.47 Å². The lowest BCUT2D eigenvalue weighted by Crippen LogP contribution is -2.63. The highest BCUT2D eigenvalue weighted by Gasteiger charge is 2.34. The number of hydrogen-bond acceptors (Lipinski definition) is 5. The van der Waals surface area contributed by atoms with Crippen molar-refractivity contribution in [3.8, 4) is 0 Å². The number of nitrogens with zero attached hydrogens (tertiary/aromatic N) is 2. The highest BCUT2D eigenvalue weighted by Crippen LogP contribution is 2.12. The van der Waals surface area contributed by atoms with Crippen molar-refractivity contribution in [1.29, 1.82) is 0 Å². The van der Waals surface area contributed by atoms with Gasteiger partial charge in [-0.25, -0.2) is 4.79 Å². The van der Waals surface area contributed by atoms with Crippen LogP contribution in [0.2, 0.25) is 0 Å². The van der Waals surface area contributed by atoms with Gasteiger partial charge in [0, 0.05) is 53.5 Å². The summed E-state index contributed by atoms with van der Waals surface area (Å²) in [5, 5.41) is 6.44. The Labute approximate surface area is 107 Å². The molecule has 2 atom stereocenters. The quantitative estimate of drug-likeness (QED) is 0.655. The third-order valence-corrected chi connectivity index (χ3v) is 3.43. The maximum Gasteiger partial charge on any atom is 0.324 e. The lowest BCUT2D eigenvalue weighted by molar-refractivity contribution is -0.0624. The number of carbonyl (C=O) groups is 1. The molecule has 7 nitrogen and oxygen atoms in total. The van der Waals surface area contributed by atoms with Crippen molar-refractivity contribution in [3.05, 3.63) is 0 Å². The molecule has 0 radical (unpaired) electrons. The molecule has 2 aliphatic heterocycles. The lowest BCUT2D eigenvalue weighted by Gasteiger charge is -2.42. The van der Waals surface area contributed by atoms with Crippen molar-refractivity contribution in [2.45, 2.75) is 12.5 Å². The molecule has 2 aliphatic rings. The van der Waals surface area contributed by atoms with Crippen molar-refractivity contribution in [1.82, 2.24) is 20.4 Å². The normalized spacial score (nSPS) is 29.4. The summed E-state index contributed by atoms with van der Waals surface area (Å²) in [6.45, 7) is 4.28. The Kier molecular flexibility index (Phi) is 4.76. The molecule has 0 saturated carbocycles. The van der Waals surface area contributed by atoms with E-state index in [1.807, 2.05) is 0 Å². The molecule has 0 aliphatic carbocycles. The topological polar surface area (TPSA) is 66.1 Å². The maximum absolute atomic E-state index is 12.5. The van der Waals surface area contributed by atoms with Crippen LogP contribution in [0, 0.1) is 0 Å². The Bertz CT molecular complexity index is 263. The second kappa shape index (κ2) is 6.33. The molecular weight excluding hydrogens is 236 g/mol. The molecule has 0 aromatic rings. The SMILES string of the molecule is COC1CNCCN1C(=O)N1CCNCC1OC. The van der Waals surface area contributed by atoms with Gasteiger partial charge in [0.05, 0.1) is 0 Å². The van der Waals surface area contributed by atoms with Crippen molar-refractivity contribution < 1.29 is 14.3 Å². The molecule has 0 bridgehead atoms. The molecule has 104 valence electrons. The molecule has 0 spiro atoms. The van der Waals surface area contributed by atoms with Crippen molar-refractivity contribution in [2.24, 2.45) is 0 Å². The summed E-state index contributed by atoms with van der Waals surface area (Å²) in [6.07, 6.45) is -0.391. The predicted octanol–water partition coefficient (Wildman–Crippen LogP) is -1.14. The van der Waals surface area contributed by atoms with E-state index in [1.54, 1.807) is 24.0 Å². The summed E-state index contributed by atoms with van der Waals surface area (Å²) in [5.41, 5.74) is 0. The van der Waals surface area contributed by atoms with Crippen LogP contribution in [0.5, 0.6) is 0 Å². The standard InChI is InChI=1S/C11H22N4O3/c1-17-9-7-12-3-5-14(9)11(16)15-6-4-13-8-10(15)18-2/h9-10,12-13H,3-8H2,1-2H3. The second-order valence-electron chi connectivity index (χ2n) is 4.46. The first-order valence-electron chi connectivity index (χ1n) is 6.32. The number of amides is 2. The molecule has 2 rings (SSSR count). The lowest BCUT2D eigenvalue weighted by atomic mass is 10.3. The largest absolute Gasteiger partial charge is 0.360 e. The van der Waals surface area contributed by atoms with Gasteiger partial charge in [-0.3, -0.25) is 9.80 Å². The van der Waals surface area contributed by atoms with E-state index in [4.69, 9.17) is 9.47 Å². The van der Waals surface area contributed by atoms with Crippen molar-refractivity contribution >= 4 is 6.03 Å². The number of hydrogen-bond donors (Lipinski definition) is 2. The fourth-order valence-electron chi connectivity index (χ4n) is 2.38. The van der Waals surface area contributed by atoms with Gasteiger partial charge < -0.3 is 20.1 Å². The van der Waals surface area contributed by atoms with Crippen LogP contribution in [0.25, 0.3) is 0 Å². The smallest absolute Gasteiger partial charge is 0.324 e. The summed E-state index contributed by atoms with van der Waals surface area (Å²) in [7, 11) is 3.26. The van der Waals surface area contributed by atoms with E-state index in [0.717, 1.165) is 13.1 Å². The van der Waals surface area contributed by atoms with Gasteiger partial charge in [0.15, 0.2) is 0 Å². The summed E-state index contributed by atoms with van der Waals surface area (Å²) in [6, 6.07) is -0.00306.